The van der Waals surface area contributed by atoms with E-state index in [9.17, 15) is 5.26 Å². The molecule has 0 saturated carbocycles. The molecule has 0 spiro atoms. The minimum Gasteiger partial charge on any atom is -0.366 e. The minimum absolute atomic E-state index is 0.485. The number of rotatable bonds is 3. The summed E-state index contributed by atoms with van der Waals surface area (Å²) < 4.78 is 0. The monoisotopic (exact) mass is 333 g/mol. The van der Waals surface area contributed by atoms with Crippen LogP contribution in [0.3, 0.4) is 0 Å². The molecule has 4 heterocycles. The van der Waals surface area contributed by atoms with Crippen LogP contribution in [0.2, 0.25) is 0 Å². The Kier molecular flexibility index (Phi) is 3.94. The number of anilines is 2. The van der Waals surface area contributed by atoms with E-state index in [2.05, 4.69) is 42.7 Å². The van der Waals surface area contributed by atoms with Crippen molar-refractivity contribution >= 4 is 22.5 Å². The number of fused-ring (bicyclic) bond motifs is 1. The fraction of sp³-hybridized carbons (Fsp3) is 0.333. The second-order valence-electron chi connectivity index (χ2n) is 6.05. The third-order valence-corrected chi connectivity index (χ3v) is 4.72. The van der Waals surface area contributed by atoms with Crippen molar-refractivity contribution in [3.8, 4) is 6.07 Å². The summed E-state index contributed by atoms with van der Waals surface area (Å²) in [4.78, 5) is 20.8. The van der Waals surface area contributed by atoms with E-state index < -0.39 is 0 Å². The van der Waals surface area contributed by atoms with Gasteiger partial charge in [-0.2, -0.15) is 5.26 Å². The summed E-state index contributed by atoms with van der Waals surface area (Å²) >= 11 is 0. The molecule has 0 aliphatic carbocycles. The Morgan fingerprint density at radius 3 is 2.72 bits per heavy atom. The lowest BCUT2D eigenvalue weighted by Gasteiger charge is -2.37. The first-order chi connectivity index (χ1) is 12.3. The lowest BCUT2D eigenvalue weighted by molar-refractivity contribution is 0.647. The lowest BCUT2D eigenvalue weighted by atomic mass is 10.1. The summed E-state index contributed by atoms with van der Waals surface area (Å²) in [6.45, 7) is 5.50. The number of aromatic nitrogens is 4. The van der Waals surface area contributed by atoms with Crippen LogP contribution in [0.15, 0.2) is 30.9 Å². The number of hydrogen-bond donors (Lipinski definition) is 1. The Bertz CT molecular complexity index is 932. The maximum atomic E-state index is 9.26. The largest absolute Gasteiger partial charge is 0.366 e. The molecule has 0 bridgehead atoms. The zero-order chi connectivity index (χ0) is 17.2. The van der Waals surface area contributed by atoms with E-state index in [1.807, 2.05) is 18.3 Å². The molecule has 126 valence electrons. The molecule has 0 aromatic carbocycles. The highest BCUT2D eigenvalue weighted by Gasteiger charge is 2.23. The van der Waals surface area contributed by atoms with Crippen molar-refractivity contribution in [1.82, 2.24) is 19.9 Å². The SMILES string of the molecule is CCc1c[nH]c2ncnc(N3CCN(c4cccnc4C#N)CC3)c12. The molecular formula is C18H19N7. The molecule has 4 rings (SSSR count). The van der Waals surface area contributed by atoms with Crippen molar-refractivity contribution in [2.24, 2.45) is 0 Å². The predicted octanol–water partition coefficient (Wildman–Crippen LogP) is 2.11. The van der Waals surface area contributed by atoms with Crippen molar-refractivity contribution in [3.05, 3.63) is 42.1 Å². The van der Waals surface area contributed by atoms with Gasteiger partial charge >= 0.3 is 0 Å². The number of hydrogen-bond acceptors (Lipinski definition) is 6. The minimum atomic E-state index is 0.485. The molecule has 1 N–H and O–H groups in total. The van der Waals surface area contributed by atoms with Gasteiger partial charge in [0.2, 0.25) is 0 Å². The van der Waals surface area contributed by atoms with Crippen LogP contribution < -0.4 is 9.80 Å². The Morgan fingerprint density at radius 1 is 1.16 bits per heavy atom. The Morgan fingerprint density at radius 2 is 1.96 bits per heavy atom. The fourth-order valence-corrected chi connectivity index (χ4v) is 3.42. The van der Waals surface area contributed by atoms with Gasteiger partial charge in [0, 0.05) is 38.6 Å². The van der Waals surface area contributed by atoms with E-state index in [0.717, 1.165) is 55.1 Å². The molecule has 7 heteroatoms. The van der Waals surface area contributed by atoms with Crippen molar-refractivity contribution in [1.29, 1.82) is 5.26 Å². The lowest BCUT2D eigenvalue weighted by Crippen LogP contribution is -2.47. The quantitative estimate of drug-likeness (QED) is 0.790. The molecule has 1 aliphatic heterocycles. The molecule has 3 aromatic rings. The predicted molar refractivity (Wildman–Crippen MR) is 96.6 cm³/mol. The van der Waals surface area contributed by atoms with Crippen LogP contribution in [0, 0.1) is 11.3 Å². The van der Waals surface area contributed by atoms with Gasteiger partial charge in [-0.15, -0.1) is 0 Å². The highest BCUT2D eigenvalue weighted by atomic mass is 15.3. The van der Waals surface area contributed by atoms with Gasteiger partial charge in [-0.3, -0.25) is 0 Å². The zero-order valence-electron chi connectivity index (χ0n) is 14.1. The normalized spacial score (nSPS) is 14.7. The smallest absolute Gasteiger partial charge is 0.163 e. The van der Waals surface area contributed by atoms with Crippen LogP contribution in [0.4, 0.5) is 11.5 Å². The first-order valence-corrected chi connectivity index (χ1v) is 8.47. The number of H-pyrrole nitrogens is 1. The molecule has 1 saturated heterocycles. The third kappa shape index (κ3) is 2.66. The number of aryl methyl sites for hydroxylation is 1. The molecule has 25 heavy (non-hydrogen) atoms. The van der Waals surface area contributed by atoms with Gasteiger partial charge in [-0.1, -0.05) is 6.92 Å². The summed E-state index contributed by atoms with van der Waals surface area (Å²) in [6, 6.07) is 6.02. The van der Waals surface area contributed by atoms with Crippen molar-refractivity contribution in [2.45, 2.75) is 13.3 Å². The van der Waals surface area contributed by atoms with Crippen LogP contribution in [-0.4, -0.2) is 46.1 Å². The van der Waals surface area contributed by atoms with Gasteiger partial charge in [0.25, 0.3) is 0 Å². The Balaban J connectivity index is 1.59. The van der Waals surface area contributed by atoms with E-state index in [0.29, 0.717) is 5.69 Å². The van der Waals surface area contributed by atoms with Crippen LogP contribution in [-0.2, 0) is 6.42 Å². The molecule has 0 atom stereocenters. The number of nitrogens with zero attached hydrogens (tertiary/aromatic N) is 6. The maximum Gasteiger partial charge on any atom is 0.163 e. The van der Waals surface area contributed by atoms with Crippen LogP contribution >= 0.6 is 0 Å². The summed E-state index contributed by atoms with van der Waals surface area (Å²) in [5.41, 5.74) is 3.53. The highest BCUT2D eigenvalue weighted by Crippen LogP contribution is 2.28. The maximum absolute atomic E-state index is 9.26. The average molecular weight is 333 g/mol. The first kappa shape index (κ1) is 15.4. The second kappa shape index (κ2) is 6.40. The molecule has 0 unspecified atom stereocenters. The van der Waals surface area contributed by atoms with Crippen molar-refractivity contribution < 1.29 is 0 Å². The summed E-state index contributed by atoms with van der Waals surface area (Å²) in [5.74, 6) is 0.995. The average Bonchev–Trinajstić information content (AvgIpc) is 3.11. The highest BCUT2D eigenvalue weighted by molar-refractivity contribution is 5.91. The van der Waals surface area contributed by atoms with Gasteiger partial charge < -0.3 is 14.8 Å². The first-order valence-electron chi connectivity index (χ1n) is 8.47. The van der Waals surface area contributed by atoms with Gasteiger partial charge in [-0.25, -0.2) is 15.0 Å². The molecule has 7 nitrogen and oxygen atoms in total. The second-order valence-corrected chi connectivity index (χ2v) is 6.05. The summed E-state index contributed by atoms with van der Waals surface area (Å²) in [7, 11) is 0. The van der Waals surface area contributed by atoms with Gasteiger partial charge in [0.05, 0.1) is 11.1 Å². The molecule has 1 aliphatic rings. The zero-order valence-corrected chi connectivity index (χ0v) is 14.1. The number of nitrogens with one attached hydrogen (secondary N) is 1. The Labute approximate surface area is 145 Å². The van der Waals surface area contributed by atoms with Crippen molar-refractivity contribution in [3.63, 3.8) is 0 Å². The molecule has 0 amide bonds. The molecule has 3 aromatic heterocycles. The topological polar surface area (TPSA) is 84.7 Å². The van der Waals surface area contributed by atoms with E-state index in [1.165, 1.54) is 5.56 Å². The Hall–Kier alpha value is -3.14. The number of piperazine rings is 1. The molecule has 1 fully saturated rings. The molecular weight excluding hydrogens is 314 g/mol. The molecule has 0 radical (unpaired) electrons. The number of pyridine rings is 1. The third-order valence-electron chi connectivity index (χ3n) is 4.72. The van der Waals surface area contributed by atoms with Crippen molar-refractivity contribution in [2.75, 3.05) is 36.0 Å². The summed E-state index contributed by atoms with van der Waals surface area (Å²) in [5, 5.41) is 10.4. The van der Waals surface area contributed by atoms with Crippen LogP contribution in [0.5, 0.6) is 0 Å². The standard InChI is InChI=1S/C18H19N7/c1-2-13-11-21-17-16(13)18(23-12-22-17)25-8-6-24(7-9-25)15-4-3-5-20-14(15)10-19/h3-5,11-12H,2,6-9H2,1H3,(H,21,22,23). The number of nitriles is 1. The van der Waals surface area contributed by atoms with E-state index in [1.54, 1.807) is 12.5 Å². The van der Waals surface area contributed by atoms with E-state index in [-0.39, 0.29) is 0 Å². The fourth-order valence-electron chi connectivity index (χ4n) is 3.42. The van der Waals surface area contributed by atoms with Gasteiger partial charge in [0.15, 0.2) is 5.69 Å². The van der Waals surface area contributed by atoms with Crippen LogP contribution in [0.1, 0.15) is 18.2 Å². The van der Waals surface area contributed by atoms with E-state index in [4.69, 9.17) is 0 Å². The van der Waals surface area contributed by atoms with Crippen LogP contribution in [0.25, 0.3) is 11.0 Å². The van der Waals surface area contributed by atoms with Gasteiger partial charge in [-0.05, 0) is 24.1 Å². The summed E-state index contributed by atoms with van der Waals surface area (Å²) in [6.07, 6.45) is 6.25. The van der Waals surface area contributed by atoms with Gasteiger partial charge in [0.1, 0.15) is 23.9 Å². The number of aromatic amines is 1. The van der Waals surface area contributed by atoms with E-state index >= 15 is 0 Å².